The molecule has 0 saturated heterocycles. The summed E-state index contributed by atoms with van der Waals surface area (Å²) in [5.74, 6) is -0.366. The molecule has 31 heavy (non-hydrogen) atoms. The summed E-state index contributed by atoms with van der Waals surface area (Å²) in [6.07, 6.45) is 1.46. The van der Waals surface area contributed by atoms with Crippen LogP contribution in [0.15, 0.2) is 88.7 Å². The highest BCUT2D eigenvalue weighted by Crippen LogP contribution is 2.33. The Morgan fingerprint density at radius 3 is 2.19 bits per heavy atom. The summed E-state index contributed by atoms with van der Waals surface area (Å²) in [6.45, 7) is 3.74. The van der Waals surface area contributed by atoms with Crippen molar-refractivity contribution in [1.82, 2.24) is 0 Å². The molecule has 3 aromatic rings. The Morgan fingerprint density at radius 1 is 0.968 bits per heavy atom. The lowest BCUT2D eigenvalue weighted by Crippen LogP contribution is -2.47. The van der Waals surface area contributed by atoms with Gasteiger partial charge in [-0.3, -0.25) is 9.10 Å². The molecule has 0 unspecified atom stereocenters. The van der Waals surface area contributed by atoms with Crippen LogP contribution in [0.1, 0.15) is 18.9 Å². The summed E-state index contributed by atoms with van der Waals surface area (Å²) in [7, 11) is -3.67. The third-order valence-corrected chi connectivity index (χ3v) is 7.00. The number of hydrogen-bond donors (Lipinski definition) is 1. The molecule has 0 heterocycles. The number of nitrogens with one attached hydrogen (secondary N) is 1. The van der Waals surface area contributed by atoms with Crippen LogP contribution < -0.4 is 9.62 Å². The lowest BCUT2D eigenvalue weighted by molar-refractivity contribution is -0.117. The van der Waals surface area contributed by atoms with Crippen LogP contribution in [0.5, 0.6) is 0 Å². The maximum Gasteiger partial charge on any atom is 0.248 e. The topological polar surface area (TPSA) is 66.5 Å². The summed E-state index contributed by atoms with van der Waals surface area (Å²) in [5, 5.41) is 2.95. The molecular formula is C24H26N2O3S2. The molecule has 1 atom stereocenters. The zero-order chi connectivity index (χ0) is 22.4. The van der Waals surface area contributed by atoms with Gasteiger partial charge in [-0.15, -0.1) is 0 Å². The van der Waals surface area contributed by atoms with E-state index in [2.05, 4.69) is 5.32 Å². The largest absolute Gasteiger partial charge is 0.323 e. The van der Waals surface area contributed by atoms with Crippen LogP contribution in [0.2, 0.25) is 0 Å². The SMILES string of the molecule is CC[C@H](C(=O)Nc1ccccc1Sc1ccccc1)N(c1ccc(C)cc1)S(C)(=O)=O. The van der Waals surface area contributed by atoms with E-state index in [9.17, 15) is 13.2 Å². The molecule has 0 spiro atoms. The molecule has 0 fully saturated rings. The molecule has 0 aromatic heterocycles. The van der Waals surface area contributed by atoms with Crippen molar-refractivity contribution in [1.29, 1.82) is 0 Å². The maximum atomic E-state index is 13.3. The van der Waals surface area contributed by atoms with E-state index >= 15 is 0 Å². The van der Waals surface area contributed by atoms with Crippen molar-refractivity contribution >= 4 is 39.1 Å². The number of para-hydroxylation sites is 1. The van der Waals surface area contributed by atoms with Gasteiger partial charge in [0.25, 0.3) is 0 Å². The van der Waals surface area contributed by atoms with Crippen molar-refractivity contribution in [2.75, 3.05) is 15.9 Å². The highest BCUT2D eigenvalue weighted by atomic mass is 32.2. The number of rotatable bonds is 8. The number of anilines is 2. The number of nitrogens with zero attached hydrogens (tertiary/aromatic N) is 1. The minimum Gasteiger partial charge on any atom is -0.323 e. The van der Waals surface area contributed by atoms with Crippen molar-refractivity contribution in [3.63, 3.8) is 0 Å². The average molecular weight is 455 g/mol. The van der Waals surface area contributed by atoms with Gasteiger partial charge in [-0.2, -0.15) is 0 Å². The number of aryl methyl sites for hydroxylation is 1. The quantitative estimate of drug-likeness (QED) is 0.500. The van der Waals surface area contributed by atoms with Crippen LogP contribution >= 0.6 is 11.8 Å². The lowest BCUT2D eigenvalue weighted by Gasteiger charge is -2.30. The first-order valence-electron chi connectivity index (χ1n) is 9.98. The Balaban J connectivity index is 1.89. The van der Waals surface area contributed by atoms with E-state index in [0.717, 1.165) is 21.6 Å². The maximum absolute atomic E-state index is 13.3. The van der Waals surface area contributed by atoms with E-state index in [-0.39, 0.29) is 5.91 Å². The van der Waals surface area contributed by atoms with Crippen LogP contribution in [0, 0.1) is 6.92 Å². The van der Waals surface area contributed by atoms with E-state index in [1.165, 1.54) is 4.31 Å². The van der Waals surface area contributed by atoms with Gasteiger partial charge in [-0.05, 0) is 49.7 Å². The van der Waals surface area contributed by atoms with E-state index in [1.807, 2.05) is 73.7 Å². The minimum atomic E-state index is -3.67. The Hall–Kier alpha value is -2.77. The molecule has 0 aliphatic heterocycles. The fraction of sp³-hybridized carbons (Fsp3) is 0.208. The Bertz CT molecular complexity index is 1130. The fourth-order valence-corrected chi connectivity index (χ4v) is 5.38. The molecule has 7 heteroatoms. The van der Waals surface area contributed by atoms with Gasteiger partial charge in [-0.1, -0.05) is 66.7 Å². The summed E-state index contributed by atoms with van der Waals surface area (Å²) >= 11 is 1.54. The fourth-order valence-electron chi connectivity index (χ4n) is 3.24. The van der Waals surface area contributed by atoms with E-state index in [1.54, 1.807) is 30.8 Å². The monoisotopic (exact) mass is 454 g/mol. The Morgan fingerprint density at radius 2 is 1.58 bits per heavy atom. The van der Waals surface area contributed by atoms with Gasteiger partial charge < -0.3 is 5.32 Å². The summed E-state index contributed by atoms with van der Waals surface area (Å²) in [4.78, 5) is 15.2. The van der Waals surface area contributed by atoms with Crippen LogP contribution in [0.3, 0.4) is 0 Å². The number of carbonyl (C=O) groups excluding carboxylic acids is 1. The summed E-state index contributed by atoms with van der Waals surface area (Å²) < 4.78 is 26.5. The molecule has 5 nitrogen and oxygen atoms in total. The van der Waals surface area contributed by atoms with E-state index in [0.29, 0.717) is 17.8 Å². The van der Waals surface area contributed by atoms with Gasteiger partial charge in [-0.25, -0.2) is 8.42 Å². The van der Waals surface area contributed by atoms with Crippen molar-refractivity contribution in [3.8, 4) is 0 Å². The number of benzene rings is 3. The number of amides is 1. The van der Waals surface area contributed by atoms with Gasteiger partial charge in [0, 0.05) is 9.79 Å². The second kappa shape index (κ2) is 10.0. The second-order valence-electron chi connectivity index (χ2n) is 7.22. The van der Waals surface area contributed by atoms with E-state index < -0.39 is 16.1 Å². The molecule has 0 radical (unpaired) electrons. The standard InChI is InChI=1S/C24H26N2O3S2/c1-4-22(26(31(3,28)29)19-16-14-18(2)15-17-19)24(27)25-21-12-8-9-13-23(21)30-20-10-6-5-7-11-20/h5-17,22H,4H2,1-3H3,(H,25,27)/t22-/m1/s1. The van der Waals surface area contributed by atoms with Crippen molar-refractivity contribution in [2.45, 2.75) is 36.1 Å². The highest BCUT2D eigenvalue weighted by Gasteiger charge is 2.31. The smallest absolute Gasteiger partial charge is 0.248 e. The lowest BCUT2D eigenvalue weighted by atomic mass is 10.1. The number of sulfonamides is 1. The normalized spacial score (nSPS) is 12.2. The van der Waals surface area contributed by atoms with Gasteiger partial charge in [0.1, 0.15) is 6.04 Å². The molecule has 3 rings (SSSR count). The van der Waals surface area contributed by atoms with Gasteiger partial charge in [0.05, 0.1) is 17.6 Å². The van der Waals surface area contributed by atoms with Gasteiger partial charge >= 0.3 is 0 Å². The van der Waals surface area contributed by atoms with Crippen molar-refractivity contribution < 1.29 is 13.2 Å². The molecular weight excluding hydrogens is 428 g/mol. The molecule has 162 valence electrons. The Kier molecular flexibility index (Phi) is 7.41. The zero-order valence-corrected chi connectivity index (χ0v) is 19.4. The average Bonchev–Trinajstić information content (AvgIpc) is 2.74. The summed E-state index contributed by atoms with van der Waals surface area (Å²) in [6, 6.07) is 23.7. The minimum absolute atomic E-state index is 0.334. The van der Waals surface area contributed by atoms with Crippen LogP contribution in [-0.2, 0) is 14.8 Å². The first-order valence-corrected chi connectivity index (χ1v) is 12.6. The molecule has 0 bridgehead atoms. The molecule has 1 amide bonds. The van der Waals surface area contributed by atoms with Crippen LogP contribution in [0.25, 0.3) is 0 Å². The summed E-state index contributed by atoms with van der Waals surface area (Å²) in [5.41, 5.74) is 2.14. The first kappa shape index (κ1) is 22.9. The predicted octanol–water partition coefficient (Wildman–Crippen LogP) is 5.33. The third-order valence-electron chi connectivity index (χ3n) is 4.73. The Labute approximate surface area is 188 Å². The van der Waals surface area contributed by atoms with E-state index in [4.69, 9.17) is 0 Å². The van der Waals surface area contributed by atoms with Gasteiger partial charge in [0.15, 0.2) is 0 Å². The van der Waals surface area contributed by atoms with Gasteiger partial charge in [0.2, 0.25) is 15.9 Å². The molecule has 0 saturated carbocycles. The van der Waals surface area contributed by atoms with Crippen LogP contribution in [0.4, 0.5) is 11.4 Å². The second-order valence-corrected chi connectivity index (χ2v) is 10.2. The van der Waals surface area contributed by atoms with Crippen molar-refractivity contribution in [2.24, 2.45) is 0 Å². The third kappa shape index (κ3) is 5.89. The molecule has 0 aliphatic rings. The molecule has 1 N–H and O–H groups in total. The highest BCUT2D eigenvalue weighted by molar-refractivity contribution is 7.99. The first-order chi connectivity index (χ1) is 14.8. The number of carbonyl (C=O) groups is 1. The zero-order valence-electron chi connectivity index (χ0n) is 17.8. The molecule has 3 aromatic carbocycles. The predicted molar refractivity (Wildman–Crippen MR) is 128 cm³/mol. The van der Waals surface area contributed by atoms with Crippen LogP contribution in [-0.4, -0.2) is 26.6 Å². The molecule has 0 aliphatic carbocycles. The number of hydrogen-bond acceptors (Lipinski definition) is 4. The van der Waals surface area contributed by atoms with Crippen molar-refractivity contribution in [3.05, 3.63) is 84.4 Å².